The predicted molar refractivity (Wildman–Crippen MR) is 498 cm³/mol. The summed E-state index contributed by atoms with van der Waals surface area (Å²) >= 11 is 6.34. The van der Waals surface area contributed by atoms with Crippen LogP contribution >= 0.6 is 11.6 Å². The van der Waals surface area contributed by atoms with Gasteiger partial charge >= 0.3 is 0 Å². The van der Waals surface area contributed by atoms with Crippen LogP contribution in [0.5, 0.6) is 0 Å². The van der Waals surface area contributed by atoms with Crippen LogP contribution in [0.3, 0.4) is 0 Å². The van der Waals surface area contributed by atoms with E-state index < -0.39 is 40.1 Å². The quantitative estimate of drug-likeness (QED) is 0.0580. The monoisotopic (exact) mass is 1770 g/mol. The van der Waals surface area contributed by atoms with Crippen molar-refractivity contribution in [2.75, 3.05) is 18.9 Å². The van der Waals surface area contributed by atoms with Crippen LogP contribution in [0.2, 0.25) is 5.02 Å². The zero-order chi connectivity index (χ0) is 89.9. The summed E-state index contributed by atoms with van der Waals surface area (Å²) in [6.45, 7) is 40.1. The maximum absolute atomic E-state index is 13.2. The Kier molecular flexibility index (Phi) is 25.6. The molecule has 8 heterocycles. The fraction of sp³-hybridized carbons (Fsp3) is 0.232. The van der Waals surface area contributed by atoms with Crippen LogP contribution in [0.25, 0.3) is 65.4 Å². The van der Waals surface area contributed by atoms with E-state index in [0.29, 0.717) is 68.8 Å². The van der Waals surface area contributed by atoms with Crippen LogP contribution in [0.15, 0.2) is 275 Å². The van der Waals surface area contributed by atoms with Gasteiger partial charge in [-0.2, -0.15) is 25.1 Å². The number of aromatic nitrogens is 12. The fourth-order valence-corrected chi connectivity index (χ4v) is 18.2. The van der Waals surface area contributed by atoms with Gasteiger partial charge in [0, 0.05) is 76.8 Å². The average molecular weight is 1770 g/mol. The highest BCUT2D eigenvalue weighted by molar-refractivity contribution is 7.93. The minimum Gasteiger partial charge on any atom is -0.310 e. The Bertz CT molecular complexity index is 7220. The number of nitrogens with one attached hydrogen (secondary N) is 4. The van der Waals surface area contributed by atoms with Crippen LogP contribution in [0.4, 0.5) is 23.3 Å². The van der Waals surface area contributed by atoms with E-state index in [1.165, 1.54) is 9.36 Å². The lowest BCUT2D eigenvalue weighted by Gasteiger charge is -2.19. The highest BCUT2D eigenvalue weighted by Crippen LogP contribution is 2.36. The normalized spacial score (nSPS) is 12.2. The maximum Gasteiger partial charge on any atom is 0.263 e. The topological polar surface area (TPSA) is 312 Å². The summed E-state index contributed by atoms with van der Waals surface area (Å²) in [5.41, 5.74) is 11.4. The first kappa shape index (κ1) is 89.8. The summed E-state index contributed by atoms with van der Waals surface area (Å²) in [4.78, 5) is 21.6. The molecule has 4 N–H and O–H groups in total. The molecule has 0 atom stereocenters. The van der Waals surface area contributed by atoms with E-state index in [2.05, 4.69) is 147 Å². The summed E-state index contributed by atoms with van der Waals surface area (Å²) in [5.74, 6) is 1.92. The number of hydrogen-bond acceptors (Lipinski definition) is 16. The van der Waals surface area contributed by atoms with Gasteiger partial charge in [-0.15, -0.1) is 0 Å². The SMILES string of the molecule is Cc1cc(NS(=O)(=O)c2ccc(C(C)(C)C)cc2)n(-c2cc3ccccc3cn2)n1.Cc1cc(NS(=O)(=O)c2ccc(C(C)(C)C)cc2)n(Cc2cccc3cnccc23)n1.Cc1cnc2c(Cl)ccc(-n3nc(C)cc3NS(=O)(=O)c3ccc(C(C)(C)C)cc3)c2c1.[C-]#[N+]Cc1cc(NS(=O)(=O)c2ccc(C(C)(C)C)cc2)n(-c2cccc3ncccc23)n1. The number of halogens is 1. The Labute approximate surface area is 735 Å². The summed E-state index contributed by atoms with van der Waals surface area (Å²) < 4.78 is 122. The molecule has 0 aliphatic carbocycles. The number of nitrogens with zero attached hydrogens (tertiary/aromatic N) is 13. The molecule has 0 amide bonds. The van der Waals surface area contributed by atoms with Crippen LogP contribution in [-0.4, -0.2) is 92.7 Å². The number of hydrogen-bond donors (Lipinski definition) is 4. The second-order valence-corrected chi connectivity index (χ2v) is 41.6. The standard InChI is InChI=1S/C24H25ClN4O2S.C24H23N5O2S.C24H26N4O2S.C23H24N4O2S/c1-15-12-19-21(11-10-20(25)23(19)26-14-15)29-22(13-16(2)27-29)28-32(30,31)18-8-6-17(7-9-18)24(3,4)5;1-24(2,3)17-10-12-19(13-11-17)32(30,31)28-23-15-18(16-25-4)27-29(23)22-9-5-8-21-20(22)7-6-14-26-21;1-17-14-23(27-31(29,30)21-10-8-20(9-11-21)24(2,3)4)28(26-17)16-19-7-5-6-18-15-25-13-12-22(18)19;1-16-13-22(26-30(28,29)20-11-9-19(10-12-20)23(2,3)4)27(25-16)21-14-17-7-5-6-8-18(17)15-24-21/h6-14,28H,1-5H3;5-15,28H,16H2,1-3H3;5-15,27H,16H2,1-4H3;5-15,26H,1-4H3. The highest BCUT2D eigenvalue weighted by Gasteiger charge is 2.28. The lowest BCUT2D eigenvalue weighted by molar-refractivity contribution is 0.587. The minimum atomic E-state index is -3.86. The largest absolute Gasteiger partial charge is 0.310 e. The first-order chi connectivity index (χ1) is 58.9. The van der Waals surface area contributed by atoms with Crippen molar-refractivity contribution in [3.8, 4) is 17.2 Å². The molecule has 642 valence electrons. The van der Waals surface area contributed by atoms with Gasteiger partial charge < -0.3 is 4.85 Å². The Balaban J connectivity index is 0.000000143. The molecule has 0 spiro atoms. The highest BCUT2D eigenvalue weighted by atomic mass is 35.5. The summed E-state index contributed by atoms with van der Waals surface area (Å²) in [7, 11) is -15.2. The van der Waals surface area contributed by atoms with Gasteiger partial charge in [0.25, 0.3) is 46.6 Å². The Morgan fingerprint density at radius 1 is 0.384 bits per heavy atom. The van der Waals surface area contributed by atoms with Crippen molar-refractivity contribution < 1.29 is 33.7 Å². The van der Waals surface area contributed by atoms with Gasteiger partial charge in [-0.1, -0.05) is 192 Å². The van der Waals surface area contributed by atoms with Crippen molar-refractivity contribution in [3.05, 3.63) is 328 Å². The van der Waals surface area contributed by atoms with E-state index in [4.69, 9.17) is 18.2 Å². The van der Waals surface area contributed by atoms with Crippen molar-refractivity contribution in [2.24, 2.45) is 0 Å². The molecule has 0 bridgehead atoms. The van der Waals surface area contributed by atoms with E-state index in [-0.39, 0.29) is 53.6 Å². The Hall–Kier alpha value is -13.0. The first-order valence-corrected chi connectivity index (χ1v) is 46.4. The zero-order valence-electron chi connectivity index (χ0n) is 72.3. The Morgan fingerprint density at radius 2 is 0.840 bits per heavy atom. The number of fused-ring (bicyclic) bond motifs is 4. The van der Waals surface area contributed by atoms with Gasteiger partial charge in [-0.25, -0.2) is 59.3 Å². The van der Waals surface area contributed by atoms with Crippen LogP contribution in [-0.2, 0) is 74.8 Å². The van der Waals surface area contributed by atoms with Gasteiger partial charge in [-0.05, 0) is 197 Å². The fourth-order valence-electron chi connectivity index (χ4n) is 13.8. The van der Waals surface area contributed by atoms with Crippen LogP contribution < -0.4 is 18.9 Å². The lowest BCUT2D eigenvalue weighted by atomic mass is 9.87. The average Bonchev–Trinajstić information content (AvgIpc) is 1.70. The molecule has 30 heteroatoms. The predicted octanol–water partition coefficient (Wildman–Crippen LogP) is 20.4. The number of anilines is 4. The molecule has 8 aromatic heterocycles. The molecular weight excluding hydrogens is 1670 g/mol. The Morgan fingerprint density at radius 3 is 1.37 bits per heavy atom. The summed E-state index contributed by atoms with van der Waals surface area (Å²) in [6.07, 6.45) is 8.77. The maximum atomic E-state index is 13.2. The second-order valence-electron chi connectivity index (χ2n) is 34.5. The molecule has 0 saturated carbocycles. The molecule has 16 aromatic rings. The zero-order valence-corrected chi connectivity index (χ0v) is 76.3. The molecule has 25 nitrogen and oxygen atoms in total. The molecule has 0 aliphatic rings. The van der Waals surface area contributed by atoms with Crippen molar-refractivity contribution in [1.29, 1.82) is 0 Å². The summed E-state index contributed by atoms with van der Waals surface area (Å²) in [6, 6.07) is 67.0. The van der Waals surface area contributed by atoms with Crippen molar-refractivity contribution in [2.45, 2.75) is 165 Å². The minimum absolute atomic E-state index is 0.0422. The summed E-state index contributed by atoms with van der Waals surface area (Å²) in [5, 5.41) is 24.2. The van der Waals surface area contributed by atoms with E-state index in [1.54, 1.807) is 113 Å². The second kappa shape index (κ2) is 35.7. The van der Waals surface area contributed by atoms with Crippen molar-refractivity contribution in [3.63, 3.8) is 0 Å². The van der Waals surface area contributed by atoms with Crippen molar-refractivity contribution in [1.82, 2.24) is 59.1 Å². The smallest absolute Gasteiger partial charge is 0.263 e. The van der Waals surface area contributed by atoms with E-state index >= 15 is 0 Å². The molecular formula is C95H98ClN17O8S4. The molecule has 16 rings (SSSR count). The number of benzene rings is 8. The lowest BCUT2D eigenvalue weighted by Crippen LogP contribution is -2.17. The van der Waals surface area contributed by atoms with Gasteiger partial charge in [0.2, 0.25) is 0 Å². The molecule has 0 saturated heterocycles. The van der Waals surface area contributed by atoms with Gasteiger partial charge in [0.1, 0.15) is 29.0 Å². The van der Waals surface area contributed by atoms with Gasteiger partial charge in [0.05, 0.1) is 70.6 Å². The molecule has 0 fully saturated rings. The van der Waals surface area contributed by atoms with Crippen molar-refractivity contribution >= 4 is 118 Å². The third-order valence-electron chi connectivity index (χ3n) is 20.6. The first-order valence-electron chi connectivity index (χ1n) is 40.1. The number of aryl methyl sites for hydroxylation is 4. The van der Waals surface area contributed by atoms with Crippen LogP contribution in [0, 0.1) is 34.3 Å². The number of rotatable bonds is 18. The molecule has 0 unspecified atom stereocenters. The van der Waals surface area contributed by atoms with Crippen LogP contribution in [0.1, 0.15) is 139 Å². The number of pyridine rings is 4. The molecule has 0 radical (unpaired) electrons. The van der Waals surface area contributed by atoms with E-state index in [9.17, 15) is 33.7 Å². The van der Waals surface area contributed by atoms with E-state index in [0.717, 1.165) is 76.9 Å². The molecule has 125 heavy (non-hydrogen) atoms. The number of sulfonamides is 4. The van der Waals surface area contributed by atoms with Gasteiger partial charge in [0.15, 0.2) is 5.82 Å². The third kappa shape index (κ3) is 21.1. The molecule has 0 aliphatic heterocycles. The third-order valence-corrected chi connectivity index (χ3v) is 26.3. The van der Waals surface area contributed by atoms with Gasteiger partial charge in [-0.3, -0.25) is 33.8 Å². The van der Waals surface area contributed by atoms with E-state index in [1.807, 2.05) is 179 Å². The molecule has 8 aromatic carbocycles.